The van der Waals surface area contributed by atoms with Gasteiger partial charge in [0.05, 0.1) is 0 Å². The van der Waals surface area contributed by atoms with E-state index in [1.165, 1.54) is 18.3 Å². The van der Waals surface area contributed by atoms with Crippen LogP contribution in [-0.2, 0) is 19.1 Å². The third-order valence-corrected chi connectivity index (χ3v) is 3.76. The molecule has 0 saturated heterocycles. The van der Waals surface area contributed by atoms with Gasteiger partial charge in [0, 0.05) is 31.3 Å². The second-order valence-corrected chi connectivity index (χ2v) is 5.17. The van der Waals surface area contributed by atoms with Gasteiger partial charge in [0.2, 0.25) is 0 Å². The fourth-order valence-corrected chi connectivity index (χ4v) is 2.78. The van der Waals surface area contributed by atoms with E-state index in [-0.39, 0.29) is 23.7 Å². The number of carboxylic acid groups (broad SMARTS) is 1. The minimum absolute atomic E-state index is 0.0853. The van der Waals surface area contributed by atoms with Crippen LogP contribution >= 0.6 is 0 Å². The molecule has 0 radical (unpaired) electrons. The second kappa shape index (κ2) is 5.11. The van der Waals surface area contributed by atoms with Crippen molar-refractivity contribution in [1.82, 2.24) is 14.5 Å². The Morgan fingerprint density at radius 3 is 2.86 bits per heavy atom. The normalized spacial score (nSPS) is 18.0. The van der Waals surface area contributed by atoms with Gasteiger partial charge in [-0.15, -0.1) is 0 Å². The number of rotatable bonds is 2. The maximum absolute atomic E-state index is 13.0. The monoisotopic (exact) mass is 311 g/mol. The fourth-order valence-electron chi connectivity index (χ4n) is 2.78. The zero-order chi connectivity index (χ0) is 15.9. The maximum atomic E-state index is 13.0. The van der Waals surface area contributed by atoms with Crippen molar-refractivity contribution in [1.29, 1.82) is 0 Å². The predicted octanol–water partition coefficient (Wildman–Crippen LogP) is 2.73. The van der Waals surface area contributed by atoms with E-state index in [1.807, 2.05) is 0 Å². The van der Waals surface area contributed by atoms with Crippen LogP contribution in [0, 0.1) is 0 Å². The molecule has 0 aliphatic carbocycles. The van der Waals surface area contributed by atoms with E-state index in [1.54, 1.807) is 4.57 Å². The smallest absolute Gasteiger partial charge is 0.433 e. The molecule has 3 heterocycles. The molecule has 1 unspecified atom stereocenters. The summed E-state index contributed by atoms with van der Waals surface area (Å²) in [6.07, 6.45) is -1.10. The number of carboxylic acids is 1. The van der Waals surface area contributed by atoms with Crippen LogP contribution in [0.5, 0.6) is 0 Å². The van der Waals surface area contributed by atoms with Crippen molar-refractivity contribution in [2.45, 2.75) is 31.5 Å². The maximum Gasteiger partial charge on any atom is 0.433 e. The van der Waals surface area contributed by atoms with Crippen molar-refractivity contribution in [2.24, 2.45) is 0 Å². The van der Waals surface area contributed by atoms with Crippen molar-refractivity contribution < 1.29 is 23.1 Å². The van der Waals surface area contributed by atoms with Crippen molar-refractivity contribution >= 4 is 5.97 Å². The Kier molecular flexibility index (Phi) is 3.38. The summed E-state index contributed by atoms with van der Waals surface area (Å²) in [5, 5.41) is 8.93. The predicted molar refractivity (Wildman–Crippen MR) is 69.5 cm³/mol. The fraction of sp³-hybridized carbons (Fsp3) is 0.357. The molecule has 0 spiro atoms. The first-order valence-corrected chi connectivity index (χ1v) is 6.67. The molecule has 2 aromatic heterocycles. The summed E-state index contributed by atoms with van der Waals surface area (Å²) in [7, 11) is 0. The van der Waals surface area contributed by atoms with Crippen LogP contribution < -0.4 is 0 Å². The van der Waals surface area contributed by atoms with Gasteiger partial charge in [-0.25, -0.2) is 9.78 Å². The Balaban J connectivity index is 1.94. The molecule has 22 heavy (non-hydrogen) atoms. The van der Waals surface area contributed by atoms with Crippen LogP contribution in [0.25, 0.3) is 0 Å². The number of carbonyl (C=O) groups is 1. The Bertz CT molecular complexity index is 724. The number of hydrogen-bond acceptors (Lipinski definition) is 3. The lowest BCUT2D eigenvalue weighted by atomic mass is 9.90. The molecule has 8 heteroatoms. The number of hydrogen-bond donors (Lipinski definition) is 1. The van der Waals surface area contributed by atoms with Crippen molar-refractivity contribution in [3.05, 3.63) is 47.3 Å². The Labute approximate surface area is 123 Å². The molecule has 0 amide bonds. The SMILES string of the molecule is O=C(O)c1cn2c(n1)CCC(c1cccnc1C(F)(F)F)C2. The standard InChI is InChI=1S/C14H12F3N3O2/c15-14(16,17)12-9(2-1-5-18-12)8-3-4-11-19-10(13(21)22)7-20(11)6-8/h1-2,5,7-8H,3-4,6H2,(H,21,22). The van der Waals surface area contributed by atoms with Crippen LogP contribution in [0.3, 0.4) is 0 Å². The quantitative estimate of drug-likeness (QED) is 0.926. The molecule has 3 rings (SSSR count). The van der Waals surface area contributed by atoms with Gasteiger partial charge in [-0.1, -0.05) is 6.07 Å². The van der Waals surface area contributed by atoms with Crippen molar-refractivity contribution in [3.8, 4) is 0 Å². The molecule has 1 aliphatic rings. The molecule has 0 aromatic carbocycles. The van der Waals surface area contributed by atoms with Gasteiger partial charge in [-0.3, -0.25) is 4.98 Å². The van der Waals surface area contributed by atoms with E-state index in [2.05, 4.69) is 9.97 Å². The number of pyridine rings is 1. The lowest BCUT2D eigenvalue weighted by molar-refractivity contribution is -0.142. The molecule has 2 aromatic rings. The molecule has 0 saturated carbocycles. The van der Waals surface area contributed by atoms with Crippen LogP contribution in [-0.4, -0.2) is 25.6 Å². The Morgan fingerprint density at radius 1 is 1.41 bits per heavy atom. The Hall–Kier alpha value is -2.38. The average Bonchev–Trinajstić information content (AvgIpc) is 2.89. The highest BCUT2D eigenvalue weighted by molar-refractivity contribution is 5.85. The summed E-state index contributed by atoms with van der Waals surface area (Å²) < 4.78 is 40.8. The van der Waals surface area contributed by atoms with E-state index in [0.29, 0.717) is 18.7 Å². The number of halogens is 3. The zero-order valence-electron chi connectivity index (χ0n) is 11.3. The minimum Gasteiger partial charge on any atom is -0.476 e. The molecular formula is C14H12F3N3O2. The zero-order valence-corrected chi connectivity index (χ0v) is 11.3. The van der Waals surface area contributed by atoms with Gasteiger partial charge in [-0.2, -0.15) is 13.2 Å². The van der Waals surface area contributed by atoms with E-state index < -0.39 is 17.8 Å². The van der Waals surface area contributed by atoms with E-state index in [4.69, 9.17) is 5.11 Å². The van der Waals surface area contributed by atoms with Crippen LogP contribution in [0.2, 0.25) is 0 Å². The number of fused-ring (bicyclic) bond motifs is 1. The lowest BCUT2D eigenvalue weighted by Crippen LogP contribution is -2.22. The molecule has 1 N–H and O–H groups in total. The van der Waals surface area contributed by atoms with Gasteiger partial charge in [0.15, 0.2) is 5.69 Å². The van der Waals surface area contributed by atoms with E-state index >= 15 is 0 Å². The number of aryl methyl sites for hydroxylation is 1. The van der Waals surface area contributed by atoms with Gasteiger partial charge in [0.1, 0.15) is 11.5 Å². The highest BCUT2D eigenvalue weighted by atomic mass is 19.4. The molecule has 0 bridgehead atoms. The van der Waals surface area contributed by atoms with Crippen LogP contribution in [0.4, 0.5) is 13.2 Å². The third-order valence-electron chi connectivity index (χ3n) is 3.76. The number of nitrogens with zero attached hydrogens (tertiary/aromatic N) is 3. The van der Waals surface area contributed by atoms with Crippen LogP contribution in [0.1, 0.15) is 39.9 Å². The summed E-state index contributed by atoms with van der Waals surface area (Å²) in [6, 6.07) is 2.91. The topological polar surface area (TPSA) is 68.0 Å². The number of aromatic carboxylic acids is 1. The second-order valence-electron chi connectivity index (χ2n) is 5.17. The minimum atomic E-state index is -4.50. The van der Waals surface area contributed by atoms with Gasteiger partial charge in [-0.05, 0) is 18.1 Å². The summed E-state index contributed by atoms with van der Waals surface area (Å²) in [5.41, 5.74) is -0.814. The molecule has 0 fully saturated rings. The summed E-state index contributed by atoms with van der Waals surface area (Å²) in [4.78, 5) is 18.4. The molecule has 1 aliphatic heterocycles. The first-order chi connectivity index (χ1) is 10.4. The molecular weight excluding hydrogens is 299 g/mol. The average molecular weight is 311 g/mol. The third kappa shape index (κ3) is 2.56. The highest BCUT2D eigenvalue weighted by Gasteiger charge is 2.37. The highest BCUT2D eigenvalue weighted by Crippen LogP contribution is 2.37. The van der Waals surface area contributed by atoms with E-state index in [9.17, 15) is 18.0 Å². The largest absolute Gasteiger partial charge is 0.476 e. The molecule has 5 nitrogen and oxygen atoms in total. The summed E-state index contributed by atoms with van der Waals surface area (Å²) in [6.45, 7) is 0.268. The summed E-state index contributed by atoms with van der Waals surface area (Å²) >= 11 is 0. The van der Waals surface area contributed by atoms with Crippen molar-refractivity contribution in [2.75, 3.05) is 0 Å². The van der Waals surface area contributed by atoms with Gasteiger partial charge >= 0.3 is 12.1 Å². The first kappa shape index (κ1) is 14.6. The lowest BCUT2D eigenvalue weighted by Gasteiger charge is -2.25. The van der Waals surface area contributed by atoms with E-state index in [0.717, 1.165) is 6.20 Å². The molecule has 116 valence electrons. The number of imidazole rings is 1. The number of alkyl halides is 3. The molecule has 1 atom stereocenters. The van der Waals surface area contributed by atoms with Crippen molar-refractivity contribution in [3.63, 3.8) is 0 Å². The van der Waals surface area contributed by atoms with Gasteiger partial charge in [0.25, 0.3) is 0 Å². The van der Waals surface area contributed by atoms with Crippen LogP contribution in [0.15, 0.2) is 24.5 Å². The Morgan fingerprint density at radius 2 is 2.18 bits per heavy atom. The number of aromatic nitrogens is 3. The first-order valence-electron chi connectivity index (χ1n) is 6.67. The van der Waals surface area contributed by atoms with Gasteiger partial charge < -0.3 is 9.67 Å². The summed E-state index contributed by atoms with van der Waals surface area (Å²) in [5.74, 6) is -0.921.